The number of ether oxygens (including phenoxy) is 1. The molecule has 3 rings (SSSR count). The number of methoxy groups -OCH3 is 1. The molecule has 1 saturated heterocycles. The number of hydrogen-bond donors (Lipinski definition) is 5. The van der Waals surface area contributed by atoms with Crippen LogP contribution < -0.4 is 20.7 Å². The van der Waals surface area contributed by atoms with Gasteiger partial charge in [-0.1, -0.05) is 26.8 Å². The number of aliphatic hydroxyl groups is 1. The Kier molecular flexibility index (Phi) is 8.58. The largest absolute Gasteiger partial charge is 0.496 e. The van der Waals surface area contributed by atoms with E-state index >= 15 is 0 Å². The Balaban J connectivity index is 1.79. The number of nitrogens with zero attached hydrogens (tertiary/aromatic N) is 1. The molecule has 1 aliphatic heterocycles. The molecule has 10 heteroatoms. The molecule has 1 aliphatic rings. The minimum absolute atomic E-state index is 0.129. The number of benzene rings is 1. The number of aromatic amines is 1. The van der Waals surface area contributed by atoms with Crippen LogP contribution in [-0.2, 0) is 9.59 Å². The maximum absolute atomic E-state index is 13.3. The van der Waals surface area contributed by atoms with Crippen molar-refractivity contribution in [1.29, 1.82) is 5.26 Å². The van der Waals surface area contributed by atoms with Crippen molar-refractivity contribution in [2.45, 2.75) is 64.6 Å². The fourth-order valence-corrected chi connectivity index (χ4v) is 4.49. The lowest BCUT2D eigenvalue weighted by atomic mass is 9.86. The van der Waals surface area contributed by atoms with Gasteiger partial charge in [0.05, 0.1) is 19.2 Å². The first-order valence-corrected chi connectivity index (χ1v) is 12.1. The van der Waals surface area contributed by atoms with Gasteiger partial charge in [-0.25, -0.2) is 0 Å². The number of carbonyl (C=O) groups is 3. The van der Waals surface area contributed by atoms with Gasteiger partial charge in [0.2, 0.25) is 11.8 Å². The molecule has 4 atom stereocenters. The number of piperidine rings is 1. The molecule has 1 aromatic heterocycles. The van der Waals surface area contributed by atoms with Crippen LogP contribution in [0, 0.1) is 22.7 Å². The smallest absolute Gasteiger partial charge is 0.268 e. The van der Waals surface area contributed by atoms with E-state index in [0.717, 1.165) is 17.3 Å². The molecule has 36 heavy (non-hydrogen) atoms. The molecule has 1 fully saturated rings. The zero-order chi connectivity index (χ0) is 26.5. The lowest BCUT2D eigenvalue weighted by Crippen LogP contribution is -2.54. The molecular formula is C26H35N5O5. The van der Waals surface area contributed by atoms with Crippen LogP contribution in [0.5, 0.6) is 5.75 Å². The predicted octanol–water partition coefficient (Wildman–Crippen LogP) is 2.00. The van der Waals surface area contributed by atoms with E-state index in [-0.39, 0.29) is 23.4 Å². The van der Waals surface area contributed by atoms with Crippen molar-refractivity contribution in [3.05, 3.63) is 30.0 Å². The van der Waals surface area contributed by atoms with Gasteiger partial charge in [-0.3, -0.25) is 14.4 Å². The second-order valence-corrected chi connectivity index (χ2v) is 10.5. The fourth-order valence-electron chi connectivity index (χ4n) is 4.49. The topological polar surface area (TPSA) is 156 Å². The summed E-state index contributed by atoms with van der Waals surface area (Å²) in [7, 11) is 1.55. The second kappa shape index (κ2) is 11.4. The highest BCUT2D eigenvalue weighted by atomic mass is 16.5. The molecule has 5 N–H and O–H groups in total. The third kappa shape index (κ3) is 6.76. The van der Waals surface area contributed by atoms with Crippen LogP contribution in [0.15, 0.2) is 24.3 Å². The quantitative estimate of drug-likeness (QED) is 0.334. The van der Waals surface area contributed by atoms with Gasteiger partial charge in [-0.15, -0.1) is 0 Å². The van der Waals surface area contributed by atoms with Crippen molar-refractivity contribution in [3.8, 4) is 11.8 Å². The van der Waals surface area contributed by atoms with Crippen molar-refractivity contribution in [3.63, 3.8) is 0 Å². The lowest BCUT2D eigenvalue weighted by molar-refractivity contribution is -0.129. The summed E-state index contributed by atoms with van der Waals surface area (Å²) in [6, 6.07) is 6.97. The second-order valence-electron chi connectivity index (χ2n) is 10.5. The summed E-state index contributed by atoms with van der Waals surface area (Å²) in [6.07, 6.45) is 0.355. The highest BCUT2D eigenvalue weighted by Crippen LogP contribution is 2.27. The van der Waals surface area contributed by atoms with Gasteiger partial charge < -0.3 is 30.8 Å². The Morgan fingerprint density at radius 1 is 1.31 bits per heavy atom. The van der Waals surface area contributed by atoms with Crippen molar-refractivity contribution < 1.29 is 24.2 Å². The third-order valence-electron chi connectivity index (χ3n) is 6.31. The number of amides is 3. The van der Waals surface area contributed by atoms with E-state index in [1.165, 1.54) is 0 Å². The standard InChI is InChI=1S/C26H35N5O5/c1-26(2,3)13-20(31-24(34)19-12-16-17(29-19)8-5-9-22(16)36-4)25(35)30-18(21(32)14-27)11-15-7-6-10-28-23(15)33/h5,8-9,12,15,18,20-21,29,32H,6-7,10-11,13H2,1-4H3,(H,28,33)(H,30,35)(H,31,34). The number of hydrogen-bond acceptors (Lipinski definition) is 6. The Labute approximate surface area is 210 Å². The average Bonchev–Trinajstić information content (AvgIpc) is 3.28. The SMILES string of the molecule is COc1cccc2[nH]c(C(=O)NC(CC(C)(C)C)C(=O)NC(CC3CCCNC3=O)C(O)C#N)cc12. The van der Waals surface area contributed by atoms with Crippen molar-refractivity contribution in [2.75, 3.05) is 13.7 Å². The third-order valence-corrected chi connectivity index (χ3v) is 6.31. The number of H-pyrrole nitrogens is 1. The first-order valence-electron chi connectivity index (χ1n) is 12.1. The van der Waals surface area contributed by atoms with E-state index in [9.17, 15) is 24.8 Å². The molecule has 4 unspecified atom stereocenters. The van der Waals surface area contributed by atoms with Gasteiger partial charge in [-0.05, 0) is 49.3 Å². The fraction of sp³-hybridized carbons (Fsp3) is 0.538. The van der Waals surface area contributed by atoms with Crippen LogP contribution in [0.1, 0.15) is 56.9 Å². The van der Waals surface area contributed by atoms with Gasteiger partial charge in [0.25, 0.3) is 5.91 Å². The first-order chi connectivity index (χ1) is 17.0. The number of nitriles is 1. The molecule has 0 bridgehead atoms. The highest BCUT2D eigenvalue weighted by molar-refractivity contribution is 6.01. The van der Waals surface area contributed by atoms with Crippen molar-refractivity contribution in [2.24, 2.45) is 11.3 Å². The molecule has 0 saturated carbocycles. The molecule has 0 radical (unpaired) electrons. The lowest BCUT2D eigenvalue weighted by Gasteiger charge is -2.30. The van der Waals surface area contributed by atoms with Gasteiger partial charge in [0, 0.05) is 23.4 Å². The first kappa shape index (κ1) is 27.0. The minimum Gasteiger partial charge on any atom is -0.496 e. The molecule has 3 amide bonds. The number of aromatic nitrogens is 1. The molecular weight excluding hydrogens is 462 g/mol. The van der Waals surface area contributed by atoms with E-state index in [2.05, 4.69) is 20.9 Å². The number of aliphatic hydroxyl groups excluding tert-OH is 1. The predicted molar refractivity (Wildman–Crippen MR) is 134 cm³/mol. The maximum atomic E-state index is 13.3. The molecule has 10 nitrogen and oxygen atoms in total. The van der Waals surface area contributed by atoms with E-state index in [1.54, 1.807) is 25.3 Å². The molecule has 2 heterocycles. The molecule has 2 aromatic rings. The summed E-state index contributed by atoms with van der Waals surface area (Å²) in [5.74, 6) is -0.945. The Morgan fingerprint density at radius 2 is 2.06 bits per heavy atom. The molecule has 0 spiro atoms. The normalized spacial score (nSPS) is 18.4. The Bertz CT molecular complexity index is 1150. The zero-order valence-corrected chi connectivity index (χ0v) is 21.2. The maximum Gasteiger partial charge on any atom is 0.268 e. The number of nitrogens with one attached hydrogen (secondary N) is 4. The summed E-state index contributed by atoms with van der Waals surface area (Å²) in [4.78, 5) is 41.7. The van der Waals surface area contributed by atoms with Gasteiger partial charge >= 0.3 is 0 Å². The number of rotatable bonds is 9. The van der Waals surface area contributed by atoms with Crippen molar-refractivity contribution >= 4 is 28.6 Å². The van der Waals surface area contributed by atoms with Crippen molar-refractivity contribution in [1.82, 2.24) is 20.9 Å². The Morgan fingerprint density at radius 3 is 2.69 bits per heavy atom. The van der Waals surface area contributed by atoms with E-state index in [4.69, 9.17) is 4.74 Å². The van der Waals surface area contributed by atoms with Gasteiger partial charge in [0.1, 0.15) is 17.5 Å². The molecule has 1 aromatic carbocycles. The van der Waals surface area contributed by atoms with Crippen LogP contribution >= 0.6 is 0 Å². The van der Waals surface area contributed by atoms with Crippen LogP contribution in [-0.4, -0.2) is 59.7 Å². The van der Waals surface area contributed by atoms with Crippen LogP contribution in [0.25, 0.3) is 10.9 Å². The number of fused-ring (bicyclic) bond motifs is 1. The summed E-state index contributed by atoms with van der Waals surface area (Å²) in [5.41, 5.74) is 0.680. The van der Waals surface area contributed by atoms with Crippen LogP contribution in [0.2, 0.25) is 0 Å². The average molecular weight is 498 g/mol. The van der Waals surface area contributed by atoms with Gasteiger partial charge in [-0.2, -0.15) is 5.26 Å². The highest BCUT2D eigenvalue weighted by Gasteiger charge is 2.33. The van der Waals surface area contributed by atoms with Crippen LogP contribution in [0.4, 0.5) is 0 Å². The Hall–Kier alpha value is -3.58. The monoisotopic (exact) mass is 497 g/mol. The summed E-state index contributed by atoms with van der Waals surface area (Å²) < 4.78 is 5.36. The zero-order valence-electron chi connectivity index (χ0n) is 21.2. The van der Waals surface area contributed by atoms with E-state index in [0.29, 0.717) is 25.1 Å². The van der Waals surface area contributed by atoms with Gasteiger partial charge in [0.15, 0.2) is 6.10 Å². The summed E-state index contributed by atoms with van der Waals surface area (Å²) in [6.45, 7) is 6.43. The summed E-state index contributed by atoms with van der Waals surface area (Å²) >= 11 is 0. The minimum atomic E-state index is -1.49. The number of carbonyl (C=O) groups excluding carboxylic acids is 3. The van der Waals surface area contributed by atoms with E-state index < -0.39 is 35.9 Å². The molecule has 0 aliphatic carbocycles. The molecule has 194 valence electrons. The van der Waals surface area contributed by atoms with E-state index in [1.807, 2.05) is 32.9 Å². The van der Waals surface area contributed by atoms with Crippen LogP contribution in [0.3, 0.4) is 0 Å². The summed E-state index contributed by atoms with van der Waals surface area (Å²) in [5, 5.41) is 28.6.